The molecule has 0 saturated heterocycles. The van der Waals surface area contributed by atoms with E-state index in [1.807, 2.05) is 12.3 Å². The summed E-state index contributed by atoms with van der Waals surface area (Å²) in [5.74, 6) is 1.79. The van der Waals surface area contributed by atoms with Crippen molar-refractivity contribution < 1.29 is 5.11 Å². The van der Waals surface area contributed by atoms with Crippen LogP contribution in [0.3, 0.4) is 0 Å². The molecule has 2 aromatic rings. The molecule has 5 nitrogen and oxygen atoms in total. The maximum absolute atomic E-state index is 8.79. The van der Waals surface area contributed by atoms with Gasteiger partial charge in [-0.2, -0.15) is 0 Å². The van der Waals surface area contributed by atoms with Gasteiger partial charge in [-0.1, -0.05) is 0 Å². The number of aromatic nitrogens is 3. The van der Waals surface area contributed by atoms with Crippen molar-refractivity contribution in [2.24, 2.45) is 0 Å². The third-order valence-electron chi connectivity index (χ3n) is 2.34. The van der Waals surface area contributed by atoms with Crippen LogP contribution < -0.4 is 5.32 Å². The molecule has 0 bridgehead atoms. The van der Waals surface area contributed by atoms with Gasteiger partial charge in [0.25, 0.3) is 0 Å². The largest absolute Gasteiger partial charge is 0.396 e. The number of imidazole rings is 1. The molecule has 0 aliphatic heterocycles. The van der Waals surface area contributed by atoms with E-state index in [9.17, 15) is 0 Å². The number of nitrogens with one attached hydrogen (secondary N) is 2. The number of aliphatic hydroxyl groups excluding tert-OH is 1. The first-order valence-electron chi connectivity index (χ1n) is 5.80. The summed E-state index contributed by atoms with van der Waals surface area (Å²) < 4.78 is 0. The molecule has 2 heterocycles. The summed E-state index contributed by atoms with van der Waals surface area (Å²) in [7, 11) is 0. The highest BCUT2D eigenvalue weighted by molar-refractivity contribution is 7.99. The number of aliphatic hydroxyl groups is 1. The van der Waals surface area contributed by atoms with Gasteiger partial charge in [-0.25, -0.2) is 4.98 Å². The van der Waals surface area contributed by atoms with Crippen LogP contribution in [-0.4, -0.2) is 32.4 Å². The summed E-state index contributed by atoms with van der Waals surface area (Å²) >= 11 is 1.72. The minimum absolute atomic E-state index is 0.229. The Hall–Kier alpha value is -1.53. The Kier molecular flexibility index (Phi) is 5.04. The predicted octanol–water partition coefficient (Wildman–Crippen LogP) is 1.89. The zero-order chi connectivity index (χ0) is 12.6. The fourth-order valence-electron chi connectivity index (χ4n) is 1.46. The molecule has 0 unspecified atom stereocenters. The Balaban J connectivity index is 1.94. The van der Waals surface area contributed by atoms with Crippen LogP contribution in [0.4, 0.5) is 5.69 Å². The number of hydrogen-bond donors (Lipinski definition) is 3. The molecule has 0 spiro atoms. The van der Waals surface area contributed by atoms with Crippen molar-refractivity contribution in [1.29, 1.82) is 0 Å². The molecule has 0 aliphatic carbocycles. The van der Waals surface area contributed by atoms with E-state index < -0.39 is 0 Å². The molecule has 0 radical (unpaired) electrons. The molecule has 18 heavy (non-hydrogen) atoms. The van der Waals surface area contributed by atoms with E-state index in [0.717, 1.165) is 28.6 Å². The van der Waals surface area contributed by atoms with Gasteiger partial charge in [0, 0.05) is 35.8 Å². The fourth-order valence-corrected chi connectivity index (χ4v) is 2.39. The highest BCUT2D eigenvalue weighted by Crippen LogP contribution is 2.26. The first-order valence-corrected chi connectivity index (χ1v) is 6.78. The fraction of sp³-hybridized carbons (Fsp3) is 0.333. The van der Waals surface area contributed by atoms with Crippen LogP contribution in [0.5, 0.6) is 0 Å². The molecule has 96 valence electrons. The van der Waals surface area contributed by atoms with Gasteiger partial charge < -0.3 is 15.4 Å². The zero-order valence-corrected chi connectivity index (χ0v) is 10.8. The SMILES string of the molecule is OCCCSc1ccncc1NCc1ncc[nH]1. The van der Waals surface area contributed by atoms with E-state index in [4.69, 9.17) is 5.11 Å². The number of nitrogens with zero attached hydrogens (tertiary/aromatic N) is 2. The Morgan fingerprint density at radius 3 is 3.11 bits per heavy atom. The molecule has 2 rings (SSSR count). The molecule has 0 aromatic carbocycles. The third-order valence-corrected chi connectivity index (χ3v) is 3.50. The standard InChI is InChI=1S/C12H16N4OS/c17-6-1-7-18-11-2-3-13-8-10(11)16-9-12-14-4-5-15-12/h2-5,8,16-17H,1,6-7,9H2,(H,14,15). The highest BCUT2D eigenvalue weighted by Gasteiger charge is 2.03. The van der Waals surface area contributed by atoms with Gasteiger partial charge >= 0.3 is 0 Å². The Morgan fingerprint density at radius 2 is 2.33 bits per heavy atom. The molecular formula is C12H16N4OS. The lowest BCUT2D eigenvalue weighted by atomic mass is 10.4. The monoisotopic (exact) mass is 264 g/mol. The first-order chi connectivity index (χ1) is 8.90. The van der Waals surface area contributed by atoms with Gasteiger partial charge in [0.1, 0.15) is 5.82 Å². The topological polar surface area (TPSA) is 73.8 Å². The van der Waals surface area contributed by atoms with Gasteiger partial charge in [-0.15, -0.1) is 11.8 Å². The maximum atomic E-state index is 8.79. The van der Waals surface area contributed by atoms with Gasteiger partial charge in [-0.05, 0) is 12.5 Å². The molecule has 6 heteroatoms. The number of rotatable bonds is 7. The summed E-state index contributed by atoms with van der Waals surface area (Å²) in [6.45, 7) is 0.874. The number of hydrogen-bond acceptors (Lipinski definition) is 5. The molecule has 0 amide bonds. The highest BCUT2D eigenvalue weighted by atomic mass is 32.2. The Morgan fingerprint density at radius 1 is 1.39 bits per heavy atom. The second kappa shape index (κ2) is 7.03. The van der Waals surface area contributed by atoms with Crippen LogP contribution in [0, 0.1) is 0 Å². The maximum Gasteiger partial charge on any atom is 0.125 e. The van der Waals surface area contributed by atoms with Crippen molar-refractivity contribution in [3.63, 3.8) is 0 Å². The lowest BCUT2D eigenvalue weighted by Crippen LogP contribution is -2.02. The van der Waals surface area contributed by atoms with Crippen LogP contribution in [0.1, 0.15) is 12.2 Å². The van der Waals surface area contributed by atoms with Gasteiger partial charge in [0.05, 0.1) is 18.4 Å². The molecule has 3 N–H and O–H groups in total. The number of aromatic amines is 1. The van der Waals surface area contributed by atoms with E-state index in [1.54, 1.807) is 30.4 Å². The molecular weight excluding hydrogens is 248 g/mol. The second-order valence-corrected chi connectivity index (χ2v) is 4.82. The van der Waals surface area contributed by atoms with Crippen molar-refractivity contribution >= 4 is 17.4 Å². The second-order valence-electron chi connectivity index (χ2n) is 3.69. The third kappa shape index (κ3) is 3.75. The minimum atomic E-state index is 0.229. The number of anilines is 1. The average Bonchev–Trinajstić information content (AvgIpc) is 2.91. The van der Waals surface area contributed by atoms with Crippen molar-refractivity contribution in [1.82, 2.24) is 15.0 Å². The molecule has 0 aliphatic rings. The summed E-state index contributed by atoms with van der Waals surface area (Å²) in [6, 6.07) is 1.98. The summed E-state index contributed by atoms with van der Waals surface area (Å²) in [5, 5.41) is 12.1. The van der Waals surface area contributed by atoms with Crippen molar-refractivity contribution in [2.45, 2.75) is 17.9 Å². The van der Waals surface area contributed by atoms with E-state index in [2.05, 4.69) is 20.3 Å². The molecule has 0 fully saturated rings. The van der Waals surface area contributed by atoms with E-state index in [1.165, 1.54) is 0 Å². The van der Waals surface area contributed by atoms with Gasteiger partial charge in [-0.3, -0.25) is 4.98 Å². The normalized spacial score (nSPS) is 10.5. The summed E-state index contributed by atoms with van der Waals surface area (Å²) in [5.41, 5.74) is 0.997. The first kappa shape index (κ1) is 12.9. The summed E-state index contributed by atoms with van der Waals surface area (Å²) in [4.78, 5) is 12.5. The van der Waals surface area contributed by atoms with Crippen molar-refractivity contribution in [3.8, 4) is 0 Å². The van der Waals surface area contributed by atoms with Crippen LogP contribution in [0.15, 0.2) is 35.7 Å². The van der Waals surface area contributed by atoms with E-state index in [-0.39, 0.29) is 6.61 Å². The predicted molar refractivity (Wildman–Crippen MR) is 72.6 cm³/mol. The van der Waals surface area contributed by atoms with Crippen LogP contribution in [0.2, 0.25) is 0 Å². The number of H-pyrrole nitrogens is 1. The summed E-state index contributed by atoms with van der Waals surface area (Å²) in [6.07, 6.45) is 7.92. The van der Waals surface area contributed by atoms with Crippen LogP contribution in [0.25, 0.3) is 0 Å². The Bertz CT molecular complexity index is 461. The Labute approximate surface area is 110 Å². The van der Waals surface area contributed by atoms with E-state index in [0.29, 0.717) is 6.54 Å². The van der Waals surface area contributed by atoms with Crippen molar-refractivity contribution in [2.75, 3.05) is 17.7 Å². The lowest BCUT2D eigenvalue weighted by molar-refractivity contribution is 0.296. The lowest BCUT2D eigenvalue weighted by Gasteiger charge is -2.09. The van der Waals surface area contributed by atoms with E-state index >= 15 is 0 Å². The number of thioether (sulfide) groups is 1. The zero-order valence-electron chi connectivity index (χ0n) is 9.97. The quantitative estimate of drug-likeness (QED) is 0.526. The van der Waals surface area contributed by atoms with Gasteiger partial charge in [0.15, 0.2) is 0 Å². The van der Waals surface area contributed by atoms with Crippen LogP contribution in [-0.2, 0) is 6.54 Å². The molecule has 0 atom stereocenters. The average molecular weight is 264 g/mol. The minimum Gasteiger partial charge on any atom is -0.396 e. The van der Waals surface area contributed by atoms with Crippen molar-refractivity contribution in [3.05, 3.63) is 36.7 Å². The number of pyridine rings is 1. The van der Waals surface area contributed by atoms with Gasteiger partial charge in [0.2, 0.25) is 0 Å². The smallest absolute Gasteiger partial charge is 0.125 e. The molecule has 0 saturated carbocycles. The van der Waals surface area contributed by atoms with Crippen LogP contribution >= 0.6 is 11.8 Å². The molecule has 2 aromatic heterocycles.